The molecule has 2 rings (SSSR count). The highest BCUT2D eigenvalue weighted by atomic mass is 35.5. The van der Waals surface area contributed by atoms with Crippen molar-refractivity contribution in [3.8, 4) is 5.75 Å². The van der Waals surface area contributed by atoms with E-state index >= 15 is 0 Å². The molecule has 1 unspecified atom stereocenters. The highest BCUT2D eigenvalue weighted by Gasteiger charge is 2.20. The van der Waals surface area contributed by atoms with Crippen molar-refractivity contribution in [1.29, 1.82) is 0 Å². The molecular weight excluding hydrogens is 293 g/mol. The summed E-state index contributed by atoms with van der Waals surface area (Å²) in [6, 6.07) is 12.9. The number of ether oxygens (including phenoxy) is 1. The first-order valence-corrected chi connectivity index (χ1v) is 6.96. The lowest BCUT2D eigenvalue weighted by atomic mass is 10.2. The molecule has 0 spiro atoms. The second kappa shape index (κ2) is 7.09. The van der Waals surface area contributed by atoms with Gasteiger partial charge in [-0.3, -0.25) is 4.79 Å². The number of benzene rings is 2. The van der Waals surface area contributed by atoms with Crippen LogP contribution in [0.15, 0.2) is 48.5 Å². The summed E-state index contributed by atoms with van der Waals surface area (Å²) in [5.41, 5.74) is 0.128. The highest BCUT2D eigenvalue weighted by molar-refractivity contribution is 6.32. The normalized spacial score (nSPS) is 11.8. The fraction of sp³-hybridized carbons (Fsp3) is 0.188. The highest BCUT2D eigenvalue weighted by Crippen LogP contribution is 2.25. The zero-order valence-corrected chi connectivity index (χ0v) is 12.2. The van der Waals surface area contributed by atoms with E-state index in [-0.39, 0.29) is 5.69 Å². The van der Waals surface area contributed by atoms with Crippen molar-refractivity contribution >= 4 is 23.2 Å². The number of hydrogen-bond acceptors (Lipinski definition) is 2. The maximum atomic E-state index is 13.5. The first-order valence-electron chi connectivity index (χ1n) is 6.58. The third kappa shape index (κ3) is 3.95. The van der Waals surface area contributed by atoms with Crippen LogP contribution in [-0.2, 0) is 4.79 Å². The van der Waals surface area contributed by atoms with Crippen molar-refractivity contribution in [1.82, 2.24) is 0 Å². The fourth-order valence-electron chi connectivity index (χ4n) is 1.79. The van der Waals surface area contributed by atoms with Gasteiger partial charge in [0.1, 0.15) is 11.6 Å². The van der Waals surface area contributed by atoms with Crippen molar-refractivity contribution in [2.75, 3.05) is 5.32 Å². The fourth-order valence-corrected chi connectivity index (χ4v) is 1.97. The van der Waals surface area contributed by atoms with Gasteiger partial charge in [-0.15, -0.1) is 0 Å². The molecule has 0 heterocycles. The van der Waals surface area contributed by atoms with E-state index in [1.54, 1.807) is 36.4 Å². The molecule has 1 atom stereocenters. The zero-order valence-electron chi connectivity index (χ0n) is 11.5. The molecule has 0 fully saturated rings. The van der Waals surface area contributed by atoms with Crippen LogP contribution in [0.25, 0.3) is 0 Å². The molecule has 0 bridgehead atoms. The molecule has 21 heavy (non-hydrogen) atoms. The summed E-state index contributed by atoms with van der Waals surface area (Å²) >= 11 is 6.00. The number of carbonyl (C=O) groups is 1. The molecule has 1 N–H and O–H groups in total. The Kier molecular flexibility index (Phi) is 5.17. The third-order valence-electron chi connectivity index (χ3n) is 2.90. The number of rotatable bonds is 5. The van der Waals surface area contributed by atoms with Crippen LogP contribution in [0.1, 0.15) is 13.3 Å². The Labute approximate surface area is 127 Å². The molecule has 2 aromatic rings. The molecule has 5 heteroatoms. The van der Waals surface area contributed by atoms with E-state index < -0.39 is 17.8 Å². The van der Waals surface area contributed by atoms with Crippen molar-refractivity contribution in [3.05, 3.63) is 59.4 Å². The van der Waals surface area contributed by atoms with E-state index in [4.69, 9.17) is 16.3 Å². The van der Waals surface area contributed by atoms with Crippen LogP contribution >= 0.6 is 11.6 Å². The standard InChI is InChI=1S/C16H15ClFNO2/c1-2-14(21-15-10-6-3-7-11(15)17)16(20)19-13-9-5-4-8-12(13)18/h3-10,14H,2H2,1H3,(H,19,20). The lowest BCUT2D eigenvalue weighted by Crippen LogP contribution is -2.32. The largest absolute Gasteiger partial charge is 0.479 e. The minimum absolute atomic E-state index is 0.128. The van der Waals surface area contributed by atoms with Crippen molar-refractivity contribution in [3.63, 3.8) is 0 Å². The van der Waals surface area contributed by atoms with Crippen LogP contribution in [-0.4, -0.2) is 12.0 Å². The number of halogens is 2. The molecule has 0 saturated carbocycles. The summed E-state index contributed by atoms with van der Waals surface area (Å²) in [5.74, 6) is -0.476. The topological polar surface area (TPSA) is 38.3 Å². The number of hydrogen-bond donors (Lipinski definition) is 1. The van der Waals surface area contributed by atoms with Crippen molar-refractivity contribution < 1.29 is 13.9 Å². The Balaban J connectivity index is 2.09. The lowest BCUT2D eigenvalue weighted by molar-refractivity contribution is -0.122. The Morgan fingerprint density at radius 2 is 1.90 bits per heavy atom. The van der Waals surface area contributed by atoms with Gasteiger partial charge >= 0.3 is 0 Å². The van der Waals surface area contributed by atoms with Crippen molar-refractivity contribution in [2.45, 2.75) is 19.4 Å². The summed E-state index contributed by atoms with van der Waals surface area (Å²) in [7, 11) is 0. The molecule has 1 amide bonds. The number of nitrogens with one attached hydrogen (secondary N) is 1. The van der Waals surface area contributed by atoms with Gasteiger partial charge in [-0.2, -0.15) is 0 Å². The van der Waals surface area contributed by atoms with E-state index in [2.05, 4.69) is 5.32 Å². The monoisotopic (exact) mass is 307 g/mol. The Hall–Kier alpha value is -2.07. The minimum atomic E-state index is -0.746. The summed E-state index contributed by atoms with van der Waals surface area (Å²) in [5, 5.41) is 2.94. The van der Waals surface area contributed by atoms with Gasteiger partial charge in [0, 0.05) is 0 Å². The predicted octanol–water partition coefficient (Wildman–Crippen LogP) is 4.28. The summed E-state index contributed by atoms with van der Waals surface area (Å²) in [4.78, 5) is 12.2. The maximum Gasteiger partial charge on any atom is 0.265 e. The van der Waals surface area contributed by atoms with E-state index in [1.807, 2.05) is 6.92 Å². The van der Waals surface area contributed by atoms with E-state index in [0.29, 0.717) is 17.2 Å². The Bertz CT molecular complexity index is 633. The Morgan fingerprint density at radius 1 is 1.24 bits per heavy atom. The molecule has 0 aliphatic carbocycles. The van der Waals surface area contributed by atoms with Crippen LogP contribution in [0, 0.1) is 5.82 Å². The number of carbonyl (C=O) groups excluding carboxylic acids is 1. The molecule has 0 aromatic heterocycles. The van der Waals surface area contributed by atoms with Gasteiger partial charge in [-0.25, -0.2) is 4.39 Å². The molecule has 3 nitrogen and oxygen atoms in total. The molecule has 110 valence electrons. The van der Waals surface area contributed by atoms with E-state index in [0.717, 1.165) is 0 Å². The van der Waals surface area contributed by atoms with Gasteiger partial charge in [0.05, 0.1) is 10.7 Å². The van der Waals surface area contributed by atoms with Gasteiger partial charge in [0.25, 0.3) is 5.91 Å². The first-order chi connectivity index (χ1) is 10.1. The summed E-state index contributed by atoms with van der Waals surface area (Å²) in [6.07, 6.45) is -0.310. The molecule has 0 aliphatic heterocycles. The Morgan fingerprint density at radius 3 is 2.57 bits per heavy atom. The summed E-state index contributed by atoms with van der Waals surface area (Å²) in [6.45, 7) is 1.81. The van der Waals surface area contributed by atoms with E-state index in [1.165, 1.54) is 12.1 Å². The van der Waals surface area contributed by atoms with Crippen LogP contribution in [0.3, 0.4) is 0 Å². The SMILES string of the molecule is CCC(Oc1ccccc1Cl)C(=O)Nc1ccccc1F. The van der Waals surface area contributed by atoms with Gasteiger partial charge in [-0.05, 0) is 30.7 Å². The van der Waals surface area contributed by atoms with Gasteiger partial charge in [0.2, 0.25) is 0 Å². The lowest BCUT2D eigenvalue weighted by Gasteiger charge is -2.18. The predicted molar refractivity (Wildman–Crippen MR) is 81.2 cm³/mol. The molecular formula is C16H15ClFNO2. The maximum absolute atomic E-state index is 13.5. The zero-order chi connectivity index (χ0) is 15.2. The smallest absolute Gasteiger partial charge is 0.265 e. The summed E-state index contributed by atoms with van der Waals surface area (Å²) < 4.78 is 19.1. The molecule has 0 aliphatic rings. The van der Waals surface area contributed by atoms with Crippen molar-refractivity contribution in [2.24, 2.45) is 0 Å². The van der Waals surface area contributed by atoms with Gasteiger partial charge in [-0.1, -0.05) is 42.8 Å². The van der Waals surface area contributed by atoms with Crippen LogP contribution < -0.4 is 10.1 Å². The van der Waals surface area contributed by atoms with Gasteiger partial charge < -0.3 is 10.1 Å². The molecule has 0 saturated heterocycles. The number of para-hydroxylation sites is 2. The van der Waals surface area contributed by atoms with Crippen LogP contribution in [0.5, 0.6) is 5.75 Å². The van der Waals surface area contributed by atoms with Crippen LogP contribution in [0.4, 0.5) is 10.1 Å². The first kappa shape index (κ1) is 15.3. The second-order valence-electron chi connectivity index (χ2n) is 4.41. The van der Waals surface area contributed by atoms with E-state index in [9.17, 15) is 9.18 Å². The molecule has 2 aromatic carbocycles. The minimum Gasteiger partial charge on any atom is -0.479 e. The van der Waals surface area contributed by atoms with Gasteiger partial charge in [0.15, 0.2) is 6.10 Å². The van der Waals surface area contributed by atoms with Crippen LogP contribution in [0.2, 0.25) is 5.02 Å². The number of amides is 1. The quantitative estimate of drug-likeness (QED) is 0.895. The second-order valence-corrected chi connectivity index (χ2v) is 4.82. The average Bonchev–Trinajstić information content (AvgIpc) is 2.48. The molecule has 0 radical (unpaired) electrons. The third-order valence-corrected chi connectivity index (χ3v) is 3.21. The number of anilines is 1. The average molecular weight is 308 g/mol.